The summed E-state index contributed by atoms with van der Waals surface area (Å²) in [4.78, 5) is 14.3. The lowest BCUT2D eigenvalue weighted by molar-refractivity contribution is -0.385. The third kappa shape index (κ3) is 4.55. The van der Waals surface area contributed by atoms with Crippen LogP contribution in [0, 0.1) is 10.1 Å². The summed E-state index contributed by atoms with van der Waals surface area (Å²) in [5.41, 5.74) is 2.28. The van der Waals surface area contributed by atoms with Crippen LogP contribution in [0.4, 0.5) is 11.5 Å². The lowest BCUT2D eigenvalue weighted by Crippen LogP contribution is -2.09. The predicted molar refractivity (Wildman–Crippen MR) is 65.9 cm³/mol. The van der Waals surface area contributed by atoms with Gasteiger partial charge >= 0.3 is 0 Å². The van der Waals surface area contributed by atoms with Crippen molar-refractivity contribution >= 4 is 23.3 Å². The highest BCUT2D eigenvalue weighted by Crippen LogP contribution is 2.24. The Morgan fingerprint density at radius 1 is 1.65 bits per heavy atom. The van der Waals surface area contributed by atoms with Crippen LogP contribution in [0.5, 0.6) is 0 Å². The van der Waals surface area contributed by atoms with E-state index in [0.29, 0.717) is 11.6 Å². The molecule has 1 rings (SSSR count). The van der Waals surface area contributed by atoms with Gasteiger partial charge in [-0.2, -0.15) is 0 Å². The largest absolute Gasteiger partial charge is 0.385 e. The van der Waals surface area contributed by atoms with Crippen molar-refractivity contribution in [3.8, 4) is 0 Å². The van der Waals surface area contributed by atoms with Crippen molar-refractivity contribution in [1.29, 1.82) is 0 Å². The van der Waals surface area contributed by atoms with Crippen LogP contribution in [0.1, 0.15) is 6.42 Å². The highest BCUT2D eigenvalue weighted by molar-refractivity contribution is 7.99. The molecule has 0 radical (unpaired) electrons. The quantitative estimate of drug-likeness (QED) is 0.250. The molecule has 0 aromatic carbocycles. The van der Waals surface area contributed by atoms with Crippen LogP contribution < -0.4 is 11.3 Å². The van der Waals surface area contributed by atoms with Crippen molar-refractivity contribution in [2.75, 3.05) is 24.9 Å². The zero-order valence-electron chi connectivity index (χ0n) is 9.38. The van der Waals surface area contributed by atoms with Crippen LogP contribution >= 0.6 is 11.8 Å². The van der Waals surface area contributed by atoms with Crippen LogP contribution in [0.3, 0.4) is 0 Å². The number of aromatic nitrogens is 1. The number of hydrogen-bond donors (Lipinski definition) is 2. The first-order valence-electron chi connectivity index (χ1n) is 4.92. The minimum atomic E-state index is -0.471. The first kappa shape index (κ1) is 13.7. The molecule has 94 valence electrons. The summed E-state index contributed by atoms with van der Waals surface area (Å²) in [6.45, 7) is 0.657. The fourth-order valence-corrected chi connectivity index (χ4v) is 1.96. The molecule has 0 unspecified atom stereocenters. The van der Waals surface area contributed by atoms with E-state index in [2.05, 4.69) is 10.4 Å². The molecule has 0 saturated carbocycles. The molecule has 8 heteroatoms. The van der Waals surface area contributed by atoms with Gasteiger partial charge in [0.2, 0.25) is 0 Å². The summed E-state index contributed by atoms with van der Waals surface area (Å²) >= 11 is 1.43. The third-order valence-electron chi connectivity index (χ3n) is 1.89. The molecule has 0 aliphatic heterocycles. The number of ether oxygens (including phenoxy) is 1. The summed E-state index contributed by atoms with van der Waals surface area (Å²) in [5, 5.41) is 11.2. The first-order valence-corrected chi connectivity index (χ1v) is 5.90. The summed E-state index contributed by atoms with van der Waals surface area (Å²) < 4.78 is 4.91. The Balaban J connectivity index is 2.70. The Hall–Kier alpha value is -1.38. The van der Waals surface area contributed by atoms with Gasteiger partial charge in [0.25, 0.3) is 5.69 Å². The van der Waals surface area contributed by atoms with E-state index in [-0.39, 0.29) is 11.5 Å². The molecular weight excluding hydrogens is 244 g/mol. The smallest absolute Gasteiger partial charge is 0.275 e. The van der Waals surface area contributed by atoms with Crippen LogP contribution in [-0.4, -0.2) is 29.4 Å². The number of methoxy groups -OCH3 is 1. The van der Waals surface area contributed by atoms with Crippen LogP contribution in [-0.2, 0) is 4.74 Å². The van der Waals surface area contributed by atoms with Crippen LogP contribution in [0.2, 0.25) is 0 Å². The highest BCUT2D eigenvalue weighted by atomic mass is 32.2. The second-order valence-electron chi connectivity index (χ2n) is 3.15. The molecule has 0 aliphatic rings. The van der Waals surface area contributed by atoms with Gasteiger partial charge in [0.15, 0.2) is 0 Å². The number of rotatable bonds is 7. The topological polar surface area (TPSA) is 103 Å². The van der Waals surface area contributed by atoms with Gasteiger partial charge in [0, 0.05) is 25.5 Å². The molecule has 0 spiro atoms. The zero-order valence-corrected chi connectivity index (χ0v) is 10.2. The molecular formula is C9H14N4O3S. The number of hydrazine groups is 1. The van der Waals surface area contributed by atoms with E-state index < -0.39 is 4.92 Å². The molecule has 0 bridgehead atoms. The Kier molecular flexibility index (Phi) is 5.67. The lowest BCUT2D eigenvalue weighted by Gasteiger charge is -2.04. The van der Waals surface area contributed by atoms with Crippen molar-refractivity contribution in [2.45, 2.75) is 11.4 Å². The molecule has 1 heterocycles. The fraction of sp³-hybridized carbons (Fsp3) is 0.444. The second-order valence-corrected chi connectivity index (χ2v) is 4.26. The van der Waals surface area contributed by atoms with Crippen molar-refractivity contribution < 1.29 is 9.66 Å². The number of nitrogen functional groups attached to an aromatic ring is 1. The minimum absolute atomic E-state index is 0.0257. The first-order chi connectivity index (χ1) is 8.17. The normalized spacial score (nSPS) is 10.2. The molecule has 3 N–H and O–H groups in total. The molecule has 0 fully saturated rings. The Morgan fingerprint density at radius 3 is 3.00 bits per heavy atom. The van der Waals surface area contributed by atoms with E-state index in [1.54, 1.807) is 7.11 Å². The van der Waals surface area contributed by atoms with Gasteiger partial charge in [-0.1, -0.05) is 0 Å². The summed E-state index contributed by atoms with van der Waals surface area (Å²) in [5.74, 6) is 6.27. The summed E-state index contributed by atoms with van der Waals surface area (Å²) in [6, 6.07) is 2.72. The number of nitrogens with one attached hydrogen (secondary N) is 1. The maximum atomic E-state index is 10.7. The van der Waals surface area contributed by atoms with Gasteiger partial charge in [-0.05, 0) is 6.42 Å². The molecule has 0 saturated heterocycles. The molecule has 0 aliphatic carbocycles. The molecule has 0 amide bonds. The Labute approximate surface area is 103 Å². The Bertz CT molecular complexity index is 389. The standard InChI is InChI=1S/C9H14N4O3S/c1-16-3-2-4-17-9-6-7(13(14)15)5-8(11-9)12-10/h5-6H,2-4,10H2,1H3,(H,11,12). The van der Waals surface area contributed by atoms with E-state index in [9.17, 15) is 10.1 Å². The second kappa shape index (κ2) is 7.05. The lowest BCUT2D eigenvalue weighted by atomic mass is 10.4. The van der Waals surface area contributed by atoms with Crippen molar-refractivity contribution in [3.63, 3.8) is 0 Å². The predicted octanol–water partition coefficient (Wildman–Crippen LogP) is 1.40. The number of nitrogens with two attached hydrogens (primary N) is 1. The molecule has 1 aromatic rings. The number of hydrogen-bond acceptors (Lipinski definition) is 7. The number of anilines is 1. The number of nitrogens with zero attached hydrogens (tertiary/aromatic N) is 2. The SMILES string of the molecule is COCCCSc1cc([N+](=O)[O-])cc(NN)n1. The highest BCUT2D eigenvalue weighted by Gasteiger charge is 2.10. The fourth-order valence-electron chi connectivity index (χ4n) is 1.12. The van der Waals surface area contributed by atoms with Crippen molar-refractivity contribution in [2.24, 2.45) is 5.84 Å². The molecule has 1 aromatic heterocycles. The molecule has 7 nitrogen and oxygen atoms in total. The molecule has 0 atom stereocenters. The van der Waals surface area contributed by atoms with Gasteiger partial charge in [0.1, 0.15) is 10.8 Å². The monoisotopic (exact) mass is 258 g/mol. The van der Waals surface area contributed by atoms with Crippen molar-refractivity contribution in [3.05, 3.63) is 22.2 Å². The number of pyridine rings is 1. The van der Waals surface area contributed by atoms with Crippen molar-refractivity contribution in [1.82, 2.24) is 4.98 Å². The van der Waals surface area contributed by atoms with Gasteiger partial charge < -0.3 is 10.2 Å². The number of nitro groups is 1. The minimum Gasteiger partial charge on any atom is -0.385 e. The van der Waals surface area contributed by atoms with E-state index >= 15 is 0 Å². The number of thioether (sulfide) groups is 1. The zero-order chi connectivity index (χ0) is 12.7. The van der Waals surface area contributed by atoms with E-state index in [1.807, 2.05) is 0 Å². The van der Waals surface area contributed by atoms with Gasteiger partial charge in [0.05, 0.1) is 11.0 Å². The van der Waals surface area contributed by atoms with Crippen LogP contribution in [0.25, 0.3) is 0 Å². The van der Waals surface area contributed by atoms with Gasteiger partial charge in [-0.15, -0.1) is 11.8 Å². The Morgan fingerprint density at radius 2 is 2.41 bits per heavy atom. The van der Waals surface area contributed by atoms with E-state index in [4.69, 9.17) is 10.6 Å². The van der Waals surface area contributed by atoms with Gasteiger partial charge in [-0.3, -0.25) is 10.1 Å². The average Bonchev–Trinajstić information content (AvgIpc) is 2.34. The maximum absolute atomic E-state index is 10.7. The maximum Gasteiger partial charge on any atom is 0.275 e. The van der Waals surface area contributed by atoms with E-state index in [1.165, 1.54) is 23.9 Å². The molecule has 17 heavy (non-hydrogen) atoms. The summed E-state index contributed by atoms with van der Waals surface area (Å²) in [7, 11) is 1.63. The third-order valence-corrected chi connectivity index (χ3v) is 2.89. The van der Waals surface area contributed by atoms with Crippen LogP contribution in [0.15, 0.2) is 17.2 Å². The van der Waals surface area contributed by atoms with E-state index in [0.717, 1.165) is 12.2 Å². The average molecular weight is 258 g/mol. The van der Waals surface area contributed by atoms with Gasteiger partial charge in [-0.25, -0.2) is 10.8 Å². The summed E-state index contributed by atoms with van der Waals surface area (Å²) in [6.07, 6.45) is 0.858.